The minimum Gasteiger partial charge on any atom is -0.481 e. The minimum absolute atomic E-state index is 0.0192. The molecule has 0 bridgehead atoms. The largest absolute Gasteiger partial charge is 0.481 e. The Labute approximate surface area is 159 Å². The van der Waals surface area contributed by atoms with Crippen LogP contribution in [0.1, 0.15) is 35.0 Å². The number of ether oxygens (including phenoxy) is 1. The van der Waals surface area contributed by atoms with E-state index in [2.05, 4.69) is 18.4 Å². The summed E-state index contributed by atoms with van der Waals surface area (Å²) in [6.07, 6.45) is 0.510. The zero-order valence-corrected chi connectivity index (χ0v) is 16.5. The molecular formula is C21H28N2O4. The number of benzene rings is 1. The van der Waals surface area contributed by atoms with Gasteiger partial charge in [-0.2, -0.15) is 0 Å². The number of methoxy groups -OCH3 is 1. The third-order valence-electron chi connectivity index (χ3n) is 5.91. The number of carboxylic acids is 1. The van der Waals surface area contributed by atoms with Gasteiger partial charge in [0.05, 0.1) is 12.5 Å². The van der Waals surface area contributed by atoms with Crippen LogP contribution in [0.15, 0.2) is 18.2 Å². The third-order valence-corrected chi connectivity index (χ3v) is 5.91. The summed E-state index contributed by atoms with van der Waals surface area (Å²) in [5.41, 5.74) is 4.13. The summed E-state index contributed by atoms with van der Waals surface area (Å²) in [6.45, 7) is 8.47. The Morgan fingerprint density at radius 2 is 2.04 bits per heavy atom. The number of carbonyl (C=O) groups excluding carboxylic acids is 1. The van der Waals surface area contributed by atoms with Gasteiger partial charge in [0.15, 0.2) is 0 Å². The maximum Gasteiger partial charge on any atom is 0.306 e. The first-order valence-electron chi connectivity index (χ1n) is 9.45. The third kappa shape index (κ3) is 3.58. The average Bonchev–Trinajstić information content (AvgIpc) is 2.89. The summed E-state index contributed by atoms with van der Waals surface area (Å²) < 4.78 is 7.44. The van der Waals surface area contributed by atoms with E-state index in [9.17, 15) is 14.7 Å². The molecule has 0 aliphatic carbocycles. The molecule has 6 nitrogen and oxygen atoms in total. The van der Waals surface area contributed by atoms with Gasteiger partial charge in [0, 0.05) is 48.9 Å². The van der Waals surface area contributed by atoms with Gasteiger partial charge >= 0.3 is 5.97 Å². The molecule has 2 unspecified atom stereocenters. The van der Waals surface area contributed by atoms with Gasteiger partial charge in [0.2, 0.25) is 0 Å². The number of fused-ring (bicyclic) bond motifs is 1. The molecule has 146 valence electrons. The number of carboxylic acid groups (broad SMARTS) is 1. The summed E-state index contributed by atoms with van der Waals surface area (Å²) in [5.74, 6) is -1.19. The van der Waals surface area contributed by atoms with Crippen molar-refractivity contribution in [1.29, 1.82) is 0 Å². The lowest BCUT2D eigenvalue weighted by atomic mass is 9.87. The molecular weight excluding hydrogens is 344 g/mol. The van der Waals surface area contributed by atoms with E-state index in [0.717, 1.165) is 17.4 Å². The van der Waals surface area contributed by atoms with Gasteiger partial charge in [-0.05, 0) is 49.9 Å². The zero-order valence-electron chi connectivity index (χ0n) is 16.5. The molecule has 0 radical (unpaired) electrons. The standard InChI is InChI=1S/C21H28N2O4/c1-13-12-22(8-7-17(13)21(25)26)20(24)16-5-6-19-18(11-16)14(2)15(3)23(19)9-10-27-4/h5-6,11,13,17H,7-10,12H2,1-4H3,(H,25,26). The highest BCUT2D eigenvalue weighted by Crippen LogP contribution is 2.28. The molecule has 6 heteroatoms. The molecule has 0 saturated carbocycles. The second-order valence-electron chi connectivity index (χ2n) is 7.55. The fraction of sp³-hybridized carbons (Fsp3) is 0.524. The normalized spacial score (nSPS) is 20.2. The minimum atomic E-state index is -0.764. The van der Waals surface area contributed by atoms with Crippen LogP contribution in [-0.4, -0.2) is 53.3 Å². The van der Waals surface area contributed by atoms with Crippen molar-refractivity contribution in [3.8, 4) is 0 Å². The van der Waals surface area contributed by atoms with E-state index >= 15 is 0 Å². The Balaban J connectivity index is 1.86. The van der Waals surface area contributed by atoms with Crippen LogP contribution >= 0.6 is 0 Å². The van der Waals surface area contributed by atoms with Gasteiger partial charge in [-0.25, -0.2) is 0 Å². The number of aromatic nitrogens is 1. The smallest absolute Gasteiger partial charge is 0.306 e. The molecule has 1 N–H and O–H groups in total. The quantitative estimate of drug-likeness (QED) is 0.875. The summed E-state index contributed by atoms with van der Waals surface area (Å²) in [4.78, 5) is 26.1. The Kier molecular flexibility index (Phi) is 5.56. The lowest BCUT2D eigenvalue weighted by Crippen LogP contribution is -2.45. The maximum absolute atomic E-state index is 13.0. The van der Waals surface area contributed by atoms with Crippen molar-refractivity contribution < 1.29 is 19.4 Å². The molecule has 2 heterocycles. The Hall–Kier alpha value is -2.34. The number of piperidine rings is 1. The first-order chi connectivity index (χ1) is 12.8. The SMILES string of the molecule is COCCn1c(C)c(C)c2cc(C(=O)N3CCC(C(=O)O)C(C)C3)ccc21. The predicted octanol–water partition coefficient (Wildman–Crippen LogP) is 3.09. The van der Waals surface area contributed by atoms with Crippen LogP contribution in [-0.2, 0) is 16.1 Å². The second kappa shape index (κ2) is 7.72. The first-order valence-corrected chi connectivity index (χ1v) is 9.45. The highest BCUT2D eigenvalue weighted by atomic mass is 16.5. The van der Waals surface area contributed by atoms with E-state index in [0.29, 0.717) is 31.7 Å². The molecule has 1 aliphatic heterocycles. The number of likely N-dealkylation sites (tertiary alicyclic amines) is 1. The molecule has 0 spiro atoms. The van der Waals surface area contributed by atoms with Crippen LogP contribution in [0.2, 0.25) is 0 Å². The molecule has 27 heavy (non-hydrogen) atoms. The highest BCUT2D eigenvalue weighted by molar-refractivity contribution is 5.99. The molecule has 2 atom stereocenters. The number of aryl methyl sites for hydroxylation is 1. The molecule has 3 rings (SSSR count). The molecule has 2 aromatic rings. The lowest BCUT2D eigenvalue weighted by Gasteiger charge is -2.35. The van der Waals surface area contributed by atoms with Gasteiger partial charge < -0.3 is 19.3 Å². The van der Waals surface area contributed by atoms with Crippen LogP contribution in [0.5, 0.6) is 0 Å². The molecule has 1 aliphatic rings. The summed E-state index contributed by atoms with van der Waals surface area (Å²) in [7, 11) is 1.69. The van der Waals surface area contributed by atoms with Crippen LogP contribution in [0, 0.1) is 25.7 Å². The summed E-state index contributed by atoms with van der Waals surface area (Å²) in [6, 6.07) is 5.85. The number of aliphatic carboxylic acids is 1. The Morgan fingerprint density at radius 3 is 2.67 bits per heavy atom. The van der Waals surface area contributed by atoms with Crippen molar-refractivity contribution >= 4 is 22.8 Å². The van der Waals surface area contributed by atoms with Crippen molar-refractivity contribution in [1.82, 2.24) is 9.47 Å². The maximum atomic E-state index is 13.0. The summed E-state index contributed by atoms with van der Waals surface area (Å²) in [5, 5.41) is 10.4. The molecule has 1 amide bonds. The Bertz CT molecular complexity index is 871. The molecule has 1 aromatic heterocycles. The number of rotatable bonds is 5. The van der Waals surface area contributed by atoms with Gasteiger partial charge in [-0.1, -0.05) is 6.92 Å². The van der Waals surface area contributed by atoms with E-state index in [-0.39, 0.29) is 17.7 Å². The highest BCUT2D eigenvalue weighted by Gasteiger charge is 2.33. The predicted molar refractivity (Wildman–Crippen MR) is 104 cm³/mol. The van der Waals surface area contributed by atoms with E-state index in [4.69, 9.17) is 4.74 Å². The first kappa shape index (κ1) is 19.4. The van der Waals surface area contributed by atoms with Gasteiger partial charge in [0.25, 0.3) is 5.91 Å². The van der Waals surface area contributed by atoms with E-state index < -0.39 is 5.97 Å². The average molecular weight is 372 g/mol. The number of nitrogens with zero attached hydrogens (tertiary/aromatic N) is 2. The number of amides is 1. The fourth-order valence-electron chi connectivity index (χ4n) is 4.13. The molecule has 1 aromatic carbocycles. The van der Waals surface area contributed by atoms with Gasteiger partial charge in [0.1, 0.15) is 0 Å². The van der Waals surface area contributed by atoms with Crippen LogP contribution < -0.4 is 0 Å². The molecule has 1 saturated heterocycles. The lowest BCUT2D eigenvalue weighted by molar-refractivity contribution is -0.145. The second-order valence-corrected chi connectivity index (χ2v) is 7.55. The Morgan fingerprint density at radius 1 is 1.30 bits per heavy atom. The van der Waals surface area contributed by atoms with Crippen LogP contribution in [0.3, 0.4) is 0 Å². The van der Waals surface area contributed by atoms with Crippen molar-refractivity contribution in [3.63, 3.8) is 0 Å². The van der Waals surface area contributed by atoms with Crippen molar-refractivity contribution in [2.75, 3.05) is 26.8 Å². The molecule has 1 fully saturated rings. The topological polar surface area (TPSA) is 71.8 Å². The van der Waals surface area contributed by atoms with E-state index in [1.165, 1.54) is 11.3 Å². The number of carbonyl (C=O) groups is 2. The van der Waals surface area contributed by atoms with E-state index in [1.54, 1.807) is 12.0 Å². The van der Waals surface area contributed by atoms with E-state index in [1.807, 2.05) is 25.1 Å². The number of hydrogen-bond acceptors (Lipinski definition) is 3. The fourth-order valence-corrected chi connectivity index (χ4v) is 4.13. The van der Waals surface area contributed by atoms with Crippen molar-refractivity contribution in [2.45, 2.75) is 33.7 Å². The van der Waals surface area contributed by atoms with Crippen LogP contribution in [0.4, 0.5) is 0 Å². The van der Waals surface area contributed by atoms with Crippen LogP contribution in [0.25, 0.3) is 10.9 Å². The van der Waals surface area contributed by atoms with Crippen molar-refractivity contribution in [3.05, 3.63) is 35.0 Å². The number of hydrogen-bond donors (Lipinski definition) is 1. The van der Waals surface area contributed by atoms with Gasteiger partial charge in [-0.3, -0.25) is 9.59 Å². The van der Waals surface area contributed by atoms with Crippen molar-refractivity contribution in [2.24, 2.45) is 11.8 Å². The van der Waals surface area contributed by atoms with Gasteiger partial charge in [-0.15, -0.1) is 0 Å². The zero-order chi connectivity index (χ0) is 19.7. The monoisotopic (exact) mass is 372 g/mol. The summed E-state index contributed by atoms with van der Waals surface area (Å²) >= 11 is 0.